The first kappa shape index (κ1) is 12.6. The van der Waals surface area contributed by atoms with Crippen molar-refractivity contribution in [1.29, 1.82) is 0 Å². The summed E-state index contributed by atoms with van der Waals surface area (Å²) in [5, 5.41) is 10.1. The van der Waals surface area contributed by atoms with Crippen LogP contribution in [0.25, 0.3) is 0 Å². The number of nitrogens with two attached hydrogens (primary N) is 1. The molecule has 0 aromatic carbocycles. The second kappa shape index (κ2) is 5.65. The molecule has 0 radical (unpaired) electrons. The lowest BCUT2D eigenvalue weighted by Gasteiger charge is -2.00. The highest BCUT2D eigenvalue weighted by molar-refractivity contribution is 9.10. The van der Waals surface area contributed by atoms with Crippen molar-refractivity contribution in [3.05, 3.63) is 28.9 Å². The third-order valence-electron chi connectivity index (χ3n) is 1.99. The van der Waals surface area contributed by atoms with Crippen LogP contribution in [0.3, 0.4) is 0 Å². The molecule has 0 atom stereocenters. The van der Waals surface area contributed by atoms with E-state index in [4.69, 9.17) is 5.73 Å². The number of nitrogens with one attached hydrogen (secondary N) is 1. The largest absolute Gasteiger partial charge is 0.329 e. The molecule has 0 spiro atoms. The van der Waals surface area contributed by atoms with E-state index in [2.05, 4.69) is 41.5 Å². The summed E-state index contributed by atoms with van der Waals surface area (Å²) in [5.41, 5.74) is 5.57. The molecular formula is C9H10BrN7O. The summed E-state index contributed by atoms with van der Waals surface area (Å²) in [4.78, 5) is 19.7. The molecule has 0 aliphatic carbocycles. The summed E-state index contributed by atoms with van der Waals surface area (Å²) in [5.74, 6) is -0.0496. The summed E-state index contributed by atoms with van der Waals surface area (Å²) >= 11 is 3.15. The maximum Gasteiger partial charge on any atom is 0.279 e. The lowest BCUT2D eigenvalue weighted by molar-refractivity contribution is 0.102. The van der Waals surface area contributed by atoms with Crippen LogP contribution in [0.2, 0.25) is 0 Å². The Morgan fingerprint density at radius 1 is 1.44 bits per heavy atom. The number of halogens is 1. The van der Waals surface area contributed by atoms with Crippen LogP contribution in [-0.2, 0) is 6.54 Å². The molecule has 1 amide bonds. The number of carbonyl (C=O) groups is 1. The molecule has 2 rings (SSSR count). The number of anilines is 1. The molecule has 3 N–H and O–H groups in total. The Hall–Kier alpha value is -1.87. The SMILES string of the molecule is NCCn1cc(C(=O)Nc2cnc(Br)cn2)nn1. The van der Waals surface area contributed by atoms with Gasteiger partial charge in [0.2, 0.25) is 0 Å². The van der Waals surface area contributed by atoms with Crippen molar-refractivity contribution in [2.45, 2.75) is 6.54 Å². The number of hydrogen-bond acceptors (Lipinski definition) is 6. The summed E-state index contributed by atoms with van der Waals surface area (Å²) in [6.45, 7) is 0.945. The van der Waals surface area contributed by atoms with Crippen LogP contribution in [0.15, 0.2) is 23.2 Å². The molecule has 8 nitrogen and oxygen atoms in total. The van der Waals surface area contributed by atoms with Gasteiger partial charge in [0, 0.05) is 6.54 Å². The Morgan fingerprint density at radius 3 is 2.94 bits per heavy atom. The number of rotatable bonds is 4. The molecular weight excluding hydrogens is 302 g/mol. The molecule has 0 fully saturated rings. The molecule has 2 aromatic rings. The molecule has 2 aromatic heterocycles. The number of hydrogen-bond donors (Lipinski definition) is 2. The van der Waals surface area contributed by atoms with E-state index in [1.54, 1.807) is 0 Å². The fourth-order valence-electron chi connectivity index (χ4n) is 1.20. The van der Waals surface area contributed by atoms with Crippen LogP contribution >= 0.6 is 15.9 Å². The van der Waals surface area contributed by atoms with E-state index in [0.717, 1.165) is 0 Å². The minimum Gasteiger partial charge on any atom is -0.329 e. The zero-order chi connectivity index (χ0) is 13.0. The van der Waals surface area contributed by atoms with Crippen molar-refractivity contribution in [2.75, 3.05) is 11.9 Å². The van der Waals surface area contributed by atoms with Gasteiger partial charge in [-0.3, -0.25) is 9.48 Å². The van der Waals surface area contributed by atoms with Crippen molar-refractivity contribution in [1.82, 2.24) is 25.0 Å². The van der Waals surface area contributed by atoms with E-state index < -0.39 is 5.91 Å². The van der Waals surface area contributed by atoms with Gasteiger partial charge in [0.15, 0.2) is 11.5 Å². The third-order valence-corrected chi connectivity index (χ3v) is 2.40. The first-order chi connectivity index (χ1) is 8.69. The van der Waals surface area contributed by atoms with Crippen molar-refractivity contribution in [3.8, 4) is 0 Å². The molecule has 0 unspecified atom stereocenters. The number of carbonyl (C=O) groups excluding carboxylic acids is 1. The molecule has 94 valence electrons. The molecule has 18 heavy (non-hydrogen) atoms. The number of nitrogens with zero attached hydrogens (tertiary/aromatic N) is 5. The maximum atomic E-state index is 11.8. The Morgan fingerprint density at radius 2 is 2.28 bits per heavy atom. The molecule has 0 saturated carbocycles. The van der Waals surface area contributed by atoms with Gasteiger partial charge in [-0.15, -0.1) is 5.10 Å². The van der Waals surface area contributed by atoms with Crippen molar-refractivity contribution < 1.29 is 4.79 Å². The average molecular weight is 312 g/mol. The normalized spacial score (nSPS) is 10.3. The van der Waals surface area contributed by atoms with E-state index in [-0.39, 0.29) is 5.69 Å². The quantitative estimate of drug-likeness (QED) is 0.824. The van der Waals surface area contributed by atoms with Crippen LogP contribution in [0.1, 0.15) is 10.5 Å². The van der Waals surface area contributed by atoms with Gasteiger partial charge in [0.1, 0.15) is 4.60 Å². The standard InChI is InChI=1S/C9H10BrN7O/c10-7-3-13-8(4-12-7)14-9(18)6-5-17(2-1-11)16-15-6/h3-5H,1-2,11H2,(H,13,14,18). The minimum atomic E-state index is -0.394. The zero-order valence-electron chi connectivity index (χ0n) is 9.25. The molecule has 9 heteroatoms. The second-order valence-corrected chi connectivity index (χ2v) is 4.15. The first-order valence-corrected chi connectivity index (χ1v) is 5.87. The highest BCUT2D eigenvalue weighted by Crippen LogP contribution is 2.07. The molecule has 0 aliphatic heterocycles. The summed E-state index contributed by atoms with van der Waals surface area (Å²) in [6, 6.07) is 0. The molecule has 0 saturated heterocycles. The molecule has 0 bridgehead atoms. The van der Waals surface area contributed by atoms with Crippen LogP contribution in [0.5, 0.6) is 0 Å². The Balaban J connectivity index is 2.04. The van der Waals surface area contributed by atoms with E-state index >= 15 is 0 Å². The van der Waals surface area contributed by atoms with Gasteiger partial charge in [0.05, 0.1) is 25.1 Å². The zero-order valence-corrected chi connectivity index (χ0v) is 10.8. The smallest absolute Gasteiger partial charge is 0.279 e. The maximum absolute atomic E-state index is 11.8. The lowest BCUT2D eigenvalue weighted by Crippen LogP contribution is -2.14. The van der Waals surface area contributed by atoms with Crippen LogP contribution in [0.4, 0.5) is 5.82 Å². The van der Waals surface area contributed by atoms with Crippen LogP contribution in [-0.4, -0.2) is 37.4 Å². The van der Waals surface area contributed by atoms with Gasteiger partial charge < -0.3 is 11.1 Å². The fourth-order valence-corrected chi connectivity index (χ4v) is 1.41. The van der Waals surface area contributed by atoms with E-state index in [1.165, 1.54) is 23.3 Å². The number of aromatic nitrogens is 5. The van der Waals surface area contributed by atoms with Gasteiger partial charge in [-0.05, 0) is 15.9 Å². The lowest BCUT2D eigenvalue weighted by atomic mass is 10.4. The van der Waals surface area contributed by atoms with Gasteiger partial charge in [-0.1, -0.05) is 5.21 Å². The number of amides is 1. The second-order valence-electron chi connectivity index (χ2n) is 3.33. The fraction of sp³-hybridized carbons (Fsp3) is 0.222. The Bertz CT molecular complexity index is 538. The van der Waals surface area contributed by atoms with Crippen LogP contribution < -0.4 is 11.1 Å². The Labute approximate surface area is 111 Å². The minimum absolute atomic E-state index is 0.202. The van der Waals surface area contributed by atoms with Gasteiger partial charge in [-0.2, -0.15) is 0 Å². The van der Waals surface area contributed by atoms with Gasteiger partial charge >= 0.3 is 0 Å². The van der Waals surface area contributed by atoms with Crippen LogP contribution in [0, 0.1) is 0 Å². The van der Waals surface area contributed by atoms with Gasteiger partial charge in [0.25, 0.3) is 5.91 Å². The summed E-state index contributed by atoms with van der Waals surface area (Å²) in [7, 11) is 0. The molecule has 0 aliphatic rings. The van der Waals surface area contributed by atoms with Crippen molar-refractivity contribution >= 4 is 27.7 Å². The first-order valence-electron chi connectivity index (χ1n) is 5.08. The topological polar surface area (TPSA) is 112 Å². The van der Waals surface area contributed by atoms with Gasteiger partial charge in [-0.25, -0.2) is 9.97 Å². The Kier molecular flexibility index (Phi) is 3.95. The molecule has 2 heterocycles. The summed E-state index contributed by atoms with van der Waals surface area (Å²) in [6.07, 6.45) is 4.45. The highest BCUT2D eigenvalue weighted by atomic mass is 79.9. The third kappa shape index (κ3) is 3.08. The van der Waals surface area contributed by atoms with Crippen molar-refractivity contribution in [3.63, 3.8) is 0 Å². The van der Waals surface area contributed by atoms with E-state index in [0.29, 0.717) is 23.5 Å². The monoisotopic (exact) mass is 311 g/mol. The predicted molar refractivity (Wildman–Crippen MR) is 66.8 cm³/mol. The van der Waals surface area contributed by atoms with E-state index in [9.17, 15) is 4.79 Å². The average Bonchev–Trinajstić information content (AvgIpc) is 2.81. The highest BCUT2D eigenvalue weighted by Gasteiger charge is 2.11. The van der Waals surface area contributed by atoms with E-state index in [1.807, 2.05) is 0 Å². The van der Waals surface area contributed by atoms with Crippen molar-refractivity contribution in [2.24, 2.45) is 5.73 Å². The summed E-state index contributed by atoms with van der Waals surface area (Å²) < 4.78 is 2.09. The predicted octanol–water partition coefficient (Wildman–Crippen LogP) is 0.0416.